The van der Waals surface area contributed by atoms with Gasteiger partial charge in [0.05, 0.1) is 7.11 Å². The Bertz CT molecular complexity index is 443. The molecule has 3 saturated heterocycles. The molecule has 9 nitrogen and oxygen atoms in total. The molecule has 0 bridgehead atoms. The van der Waals surface area contributed by atoms with Gasteiger partial charge in [-0.25, -0.2) is 9.59 Å². The molecule has 0 radical (unpaired) electrons. The number of hydrogen-bond donors (Lipinski definition) is 0. The van der Waals surface area contributed by atoms with Crippen LogP contribution >= 0.6 is 0 Å². The predicted octanol–water partition coefficient (Wildman–Crippen LogP) is -0.909. The van der Waals surface area contributed by atoms with E-state index in [0.717, 1.165) is 0 Å². The monoisotopic (exact) mass is 303 g/mol. The highest BCUT2D eigenvalue weighted by Gasteiger charge is 2.59. The summed E-state index contributed by atoms with van der Waals surface area (Å²) in [5.74, 6) is -0.576. The highest BCUT2D eigenvalue weighted by atomic mass is 16.8. The van der Waals surface area contributed by atoms with Gasteiger partial charge in [-0.2, -0.15) is 0 Å². The quantitative estimate of drug-likeness (QED) is 0.619. The molecule has 3 rings (SSSR count). The van der Waals surface area contributed by atoms with Gasteiger partial charge in [0.2, 0.25) is 0 Å². The minimum absolute atomic E-state index is 0.106. The van der Waals surface area contributed by atoms with E-state index >= 15 is 0 Å². The molecular weight excluding hydrogens is 286 g/mol. The Morgan fingerprint density at radius 2 is 1.90 bits per heavy atom. The van der Waals surface area contributed by atoms with Crippen LogP contribution in [0.4, 0.5) is 4.79 Å². The van der Waals surface area contributed by atoms with Crippen molar-refractivity contribution in [2.45, 2.75) is 36.7 Å². The van der Waals surface area contributed by atoms with Crippen molar-refractivity contribution in [3.63, 3.8) is 0 Å². The Morgan fingerprint density at radius 3 is 2.57 bits per heavy atom. The van der Waals surface area contributed by atoms with Gasteiger partial charge in [0.15, 0.2) is 18.4 Å². The normalized spacial score (nSPS) is 42.0. The fourth-order valence-electron chi connectivity index (χ4n) is 2.92. The SMILES string of the molecule is COC(=O)[C@H]1[C@H]([C@H]2O[C@@H](OC)[C@@H]3OCO[C@H]23)OC(=O)N1C. The van der Waals surface area contributed by atoms with E-state index in [-0.39, 0.29) is 6.79 Å². The summed E-state index contributed by atoms with van der Waals surface area (Å²) < 4.78 is 31.8. The average molecular weight is 303 g/mol. The number of carbonyl (C=O) groups is 2. The van der Waals surface area contributed by atoms with Gasteiger partial charge in [-0.3, -0.25) is 4.90 Å². The van der Waals surface area contributed by atoms with Crippen molar-refractivity contribution in [3.05, 3.63) is 0 Å². The molecule has 0 aromatic carbocycles. The average Bonchev–Trinajstić information content (AvgIpc) is 3.13. The standard InChI is InChI=1S/C12H17NO8/c1-13-5(10(14)16-2)6(21-12(13)15)8-7-9(19-4-18-7)11(17-3)20-8/h5-9,11H,4H2,1-3H3/t5-,6-,7-,8-,9-,11-/m1/s1. The number of cyclic esters (lactones) is 1. The third-order valence-electron chi connectivity index (χ3n) is 3.98. The lowest BCUT2D eigenvalue weighted by atomic mass is 10.00. The van der Waals surface area contributed by atoms with Crippen molar-refractivity contribution < 1.29 is 38.0 Å². The van der Waals surface area contributed by atoms with E-state index in [1.807, 2.05) is 0 Å². The summed E-state index contributed by atoms with van der Waals surface area (Å²) in [6.45, 7) is 0.106. The van der Waals surface area contributed by atoms with Crippen LogP contribution in [0.2, 0.25) is 0 Å². The highest BCUT2D eigenvalue weighted by Crippen LogP contribution is 2.37. The molecule has 0 N–H and O–H groups in total. The first-order chi connectivity index (χ1) is 10.1. The Hall–Kier alpha value is -1.42. The highest BCUT2D eigenvalue weighted by molar-refractivity contribution is 5.85. The number of methoxy groups -OCH3 is 2. The van der Waals surface area contributed by atoms with E-state index in [9.17, 15) is 9.59 Å². The zero-order valence-corrected chi connectivity index (χ0v) is 11.9. The molecular formula is C12H17NO8. The van der Waals surface area contributed by atoms with Gasteiger partial charge in [0.25, 0.3) is 0 Å². The maximum atomic E-state index is 11.9. The number of amides is 1. The van der Waals surface area contributed by atoms with Crippen LogP contribution in [0.1, 0.15) is 0 Å². The van der Waals surface area contributed by atoms with Gasteiger partial charge in [-0.15, -0.1) is 0 Å². The molecule has 0 spiro atoms. The van der Waals surface area contributed by atoms with Crippen LogP contribution < -0.4 is 0 Å². The third kappa shape index (κ3) is 2.16. The molecule has 1 amide bonds. The lowest BCUT2D eigenvalue weighted by molar-refractivity contribution is -0.189. The first-order valence-corrected chi connectivity index (χ1v) is 6.51. The zero-order chi connectivity index (χ0) is 15.1. The van der Waals surface area contributed by atoms with Crippen LogP contribution in [0, 0.1) is 0 Å². The Kier molecular flexibility index (Phi) is 3.74. The van der Waals surface area contributed by atoms with Crippen molar-refractivity contribution in [2.75, 3.05) is 28.1 Å². The summed E-state index contributed by atoms with van der Waals surface area (Å²) in [6, 6.07) is -0.895. The number of hydrogen-bond acceptors (Lipinski definition) is 8. The third-order valence-corrected chi connectivity index (χ3v) is 3.98. The van der Waals surface area contributed by atoms with Crippen molar-refractivity contribution in [1.82, 2.24) is 4.90 Å². The predicted molar refractivity (Wildman–Crippen MR) is 64.1 cm³/mol. The van der Waals surface area contributed by atoms with Crippen LogP contribution in [-0.2, 0) is 33.2 Å². The minimum Gasteiger partial charge on any atom is -0.467 e. The lowest BCUT2D eigenvalue weighted by Crippen LogP contribution is -2.49. The van der Waals surface area contributed by atoms with Crippen molar-refractivity contribution in [2.24, 2.45) is 0 Å². The van der Waals surface area contributed by atoms with E-state index in [0.29, 0.717) is 0 Å². The van der Waals surface area contributed by atoms with Gasteiger partial charge in [-0.1, -0.05) is 0 Å². The molecule has 9 heteroatoms. The number of fused-ring (bicyclic) bond motifs is 1. The summed E-state index contributed by atoms with van der Waals surface area (Å²) in [5.41, 5.74) is 0. The largest absolute Gasteiger partial charge is 0.467 e. The van der Waals surface area contributed by atoms with Crippen LogP contribution in [0.15, 0.2) is 0 Å². The summed E-state index contributed by atoms with van der Waals surface area (Å²) in [5, 5.41) is 0. The van der Waals surface area contributed by atoms with E-state index < -0.39 is 48.8 Å². The van der Waals surface area contributed by atoms with Crippen LogP contribution in [0.5, 0.6) is 0 Å². The first-order valence-electron chi connectivity index (χ1n) is 6.51. The molecule has 0 aromatic heterocycles. The molecule has 118 valence electrons. The molecule has 6 atom stereocenters. The molecule has 3 aliphatic rings. The number of nitrogens with zero attached hydrogens (tertiary/aromatic N) is 1. The summed E-state index contributed by atoms with van der Waals surface area (Å²) in [7, 11) is 4.20. The van der Waals surface area contributed by atoms with E-state index in [2.05, 4.69) is 0 Å². The topological polar surface area (TPSA) is 92.8 Å². The number of carbonyl (C=O) groups excluding carboxylic acids is 2. The second-order valence-corrected chi connectivity index (χ2v) is 5.01. The molecule has 3 heterocycles. The second kappa shape index (κ2) is 5.41. The van der Waals surface area contributed by atoms with Gasteiger partial charge >= 0.3 is 12.1 Å². The van der Waals surface area contributed by atoms with Gasteiger partial charge in [-0.05, 0) is 0 Å². The number of esters is 1. The summed E-state index contributed by atoms with van der Waals surface area (Å²) in [4.78, 5) is 24.9. The molecule has 3 fully saturated rings. The Morgan fingerprint density at radius 1 is 1.19 bits per heavy atom. The van der Waals surface area contributed by atoms with E-state index in [1.54, 1.807) is 0 Å². The fourth-order valence-corrected chi connectivity index (χ4v) is 2.92. The second-order valence-electron chi connectivity index (χ2n) is 5.01. The van der Waals surface area contributed by atoms with Crippen LogP contribution in [0.25, 0.3) is 0 Å². The van der Waals surface area contributed by atoms with Crippen molar-refractivity contribution in [1.29, 1.82) is 0 Å². The number of rotatable bonds is 3. The maximum absolute atomic E-state index is 11.9. The van der Waals surface area contributed by atoms with E-state index in [1.165, 1.54) is 26.2 Å². The van der Waals surface area contributed by atoms with Gasteiger partial charge in [0.1, 0.15) is 25.1 Å². The van der Waals surface area contributed by atoms with Crippen molar-refractivity contribution >= 4 is 12.1 Å². The van der Waals surface area contributed by atoms with Crippen molar-refractivity contribution in [3.8, 4) is 0 Å². The molecule has 0 saturated carbocycles. The summed E-state index contributed by atoms with van der Waals surface area (Å²) in [6.07, 6.45) is -3.64. The molecule has 0 aliphatic carbocycles. The molecule has 21 heavy (non-hydrogen) atoms. The minimum atomic E-state index is -0.895. The van der Waals surface area contributed by atoms with Crippen LogP contribution in [0.3, 0.4) is 0 Å². The van der Waals surface area contributed by atoms with E-state index in [4.69, 9.17) is 28.4 Å². The number of ether oxygens (including phenoxy) is 6. The number of likely N-dealkylation sites (N-methyl/N-ethyl adjacent to an activating group) is 1. The zero-order valence-electron chi connectivity index (χ0n) is 11.9. The first kappa shape index (κ1) is 14.5. The Balaban J connectivity index is 1.84. The molecule has 3 aliphatic heterocycles. The molecule has 0 aromatic rings. The smallest absolute Gasteiger partial charge is 0.410 e. The Labute approximate surface area is 121 Å². The van der Waals surface area contributed by atoms with Crippen LogP contribution in [-0.4, -0.2) is 81.8 Å². The summed E-state index contributed by atoms with van der Waals surface area (Å²) >= 11 is 0. The van der Waals surface area contributed by atoms with Gasteiger partial charge in [0, 0.05) is 14.2 Å². The fraction of sp³-hybridized carbons (Fsp3) is 0.833. The maximum Gasteiger partial charge on any atom is 0.410 e. The lowest BCUT2D eigenvalue weighted by Gasteiger charge is -2.25. The van der Waals surface area contributed by atoms with Gasteiger partial charge < -0.3 is 28.4 Å². The molecule has 0 unspecified atom stereocenters.